The average Bonchev–Trinajstić information content (AvgIpc) is 2.73. The van der Waals surface area contributed by atoms with Crippen molar-refractivity contribution in [2.24, 2.45) is 0 Å². The first-order valence-electron chi connectivity index (χ1n) is 10.8. The van der Waals surface area contributed by atoms with Gasteiger partial charge < -0.3 is 0 Å². The fraction of sp³-hybridized carbons (Fsp3) is 0.500. The number of halogens is 2. The van der Waals surface area contributed by atoms with E-state index in [0.29, 0.717) is 0 Å². The minimum atomic E-state index is -1.05. The molecule has 2 rings (SSSR count). The molecule has 1 atom stereocenters. The molecule has 6 heteroatoms. The number of hydrogen-bond acceptors (Lipinski definition) is 0. The maximum absolute atomic E-state index is 6.08. The molecule has 0 aliphatic heterocycles. The van der Waals surface area contributed by atoms with Gasteiger partial charge in [-0.3, -0.25) is 0 Å². The average molecular weight is 660 g/mol. The zero-order chi connectivity index (χ0) is 21.8. The summed E-state index contributed by atoms with van der Waals surface area (Å²) < 4.78 is -0.127. The van der Waals surface area contributed by atoms with Crippen LogP contribution in [0.25, 0.3) is 0 Å². The first-order valence-corrected chi connectivity index (χ1v) is 21.3. The van der Waals surface area contributed by atoms with Crippen LogP contribution in [0.15, 0.2) is 48.5 Å². The zero-order valence-electron chi connectivity index (χ0n) is 18.0. The van der Waals surface area contributed by atoms with Crippen LogP contribution >= 0.6 is 27.4 Å². The van der Waals surface area contributed by atoms with Crippen molar-refractivity contribution in [2.45, 2.75) is 61.4 Å². The summed E-state index contributed by atoms with van der Waals surface area (Å²) in [6.45, 7) is 4.82. The first-order chi connectivity index (χ1) is 14.4. The zero-order valence-corrected chi connectivity index (χ0v) is 25.5. The van der Waals surface area contributed by atoms with Gasteiger partial charge in [0.05, 0.1) is 0 Å². The Morgan fingerprint density at radius 3 is 1.80 bits per heavy atom. The molecule has 2 aromatic carbocycles. The van der Waals surface area contributed by atoms with E-state index in [1.807, 2.05) is 24.3 Å². The number of rotatable bonds is 14. The normalized spacial score (nSPS) is 12.8. The Balaban J connectivity index is 1.95. The summed E-state index contributed by atoms with van der Waals surface area (Å²) in [4.78, 5) is 0. The number of hydrogen-bond donors (Lipinski definition) is 0. The van der Waals surface area contributed by atoms with E-state index in [9.17, 15) is 0 Å². The van der Waals surface area contributed by atoms with Crippen LogP contribution < -0.4 is 0 Å². The third-order valence-electron chi connectivity index (χ3n) is 5.00. The molecule has 0 N–H and O–H groups in total. The van der Waals surface area contributed by atoms with E-state index in [4.69, 9.17) is 23.2 Å². The van der Waals surface area contributed by atoms with Crippen molar-refractivity contribution in [2.75, 3.05) is 12.3 Å². The quantitative estimate of drug-likeness (QED) is 0.110. The molecular weight excluding hydrogens is 627 g/mol. The van der Waals surface area contributed by atoms with Gasteiger partial charge in [-0.15, -0.1) is 0 Å². The number of benzene rings is 2. The Hall–Kier alpha value is 1.01. The Labute approximate surface area is 213 Å². The van der Waals surface area contributed by atoms with Gasteiger partial charge in [0.1, 0.15) is 0 Å². The van der Waals surface area contributed by atoms with Gasteiger partial charge >= 0.3 is 215 Å². The Bertz CT molecular complexity index is 725. The van der Waals surface area contributed by atoms with Crippen molar-refractivity contribution in [3.05, 3.63) is 69.7 Å². The second kappa shape index (κ2) is 15.0. The monoisotopic (exact) mass is 662 g/mol. The summed E-state index contributed by atoms with van der Waals surface area (Å²) in [7, 11) is 0. The number of aryl methyl sites for hydroxylation is 2. The van der Waals surface area contributed by atoms with Gasteiger partial charge in [0.2, 0.25) is 0 Å². The molecule has 0 saturated heterocycles. The maximum atomic E-state index is 6.08. The van der Waals surface area contributed by atoms with Gasteiger partial charge in [-0.2, -0.15) is 0 Å². The molecule has 0 aliphatic carbocycles. The molecule has 30 heavy (non-hydrogen) atoms. The van der Waals surface area contributed by atoms with E-state index in [1.165, 1.54) is 54.5 Å². The Morgan fingerprint density at radius 1 is 0.833 bits per heavy atom. The van der Waals surface area contributed by atoms with Crippen LogP contribution in [0.1, 0.15) is 50.7 Å². The molecule has 0 fully saturated rings. The van der Waals surface area contributed by atoms with Crippen LogP contribution in [0.4, 0.5) is 0 Å². The fourth-order valence-corrected chi connectivity index (χ4v) is 31.5. The standard InChI is InChI=1S/C24H33Cl2PSe3/c1-3-4-5-6-19-29-20(2)30-27(28,17-15-21-7-11-23(25)12-8-21)18-16-22-9-13-24(26)14-10-22/h7-14,20H,3-6,15-19H2,1-2H3. The van der Waals surface area contributed by atoms with Crippen molar-refractivity contribution in [3.63, 3.8) is 0 Å². The van der Waals surface area contributed by atoms with E-state index in [1.54, 1.807) is 0 Å². The van der Waals surface area contributed by atoms with Crippen LogP contribution in [-0.4, -0.2) is 56.9 Å². The van der Waals surface area contributed by atoms with Crippen molar-refractivity contribution in [1.82, 2.24) is 0 Å². The summed E-state index contributed by atoms with van der Waals surface area (Å²) in [5, 5.41) is 3.12. The van der Waals surface area contributed by atoms with Crippen LogP contribution in [0.5, 0.6) is 0 Å². The van der Waals surface area contributed by atoms with Crippen molar-refractivity contribution in [1.29, 1.82) is 0 Å². The van der Waals surface area contributed by atoms with Gasteiger partial charge in [-0.05, 0) is 0 Å². The summed E-state index contributed by atoms with van der Waals surface area (Å²) >= 11 is 17.5. The number of unbranched alkanes of at least 4 members (excludes halogenated alkanes) is 3. The Kier molecular flexibility index (Phi) is 13.6. The molecule has 166 valence electrons. The van der Waals surface area contributed by atoms with E-state index in [0.717, 1.165) is 56.1 Å². The second-order valence-electron chi connectivity index (χ2n) is 7.62. The predicted octanol–water partition coefficient (Wildman–Crippen LogP) is 7.97. The molecule has 0 nitrogen and oxygen atoms in total. The van der Waals surface area contributed by atoms with Gasteiger partial charge in [0.25, 0.3) is 0 Å². The summed E-state index contributed by atoms with van der Waals surface area (Å²) in [6, 6.07) is 16.9. The van der Waals surface area contributed by atoms with E-state index in [2.05, 4.69) is 53.2 Å². The topological polar surface area (TPSA) is 0 Å². The van der Waals surface area contributed by atoms with E-state index in [-0.39, 0.29) is 0 Å². The SMILES string of the molecule is CCCCCC[Se]C(C)[Se]P(=[Se])(CCc1ccc(Cl)cc1)CCc1ccc(Cl)cc1. The van der Waals surface area contributed by atoms with Crippen LogP contribution in [0.3, 0.4) is 0 Å². The molecular formula is C24H33Cl2PSe3. The molecule has 0 bridgehead atoms. The van der Waals surface area contributed by atoms with Crippen LogP contribution in [-0.2, 0) is 12.8 Å². The third kappa shape index (κ3) is 11.2. The molecule has 0 amide bonds. The van der Waals surface area contributed by atoms with E-state index >= 15 is 0 Å². The van der Waals surface area contributed by atoms with Crippen LogP contribution in [0.2, 0.25) is 19.1 Å². The fourth-order valence-electron chi connectivity index (χ4n) is 3.20. The van der Waals surface area contributed by atoms with Crippen molar-refractivity contribution >= 4 is 72.0 Å². The van der Waals surface area contributed by atoms with Crippen LogP contribution in [0, 0.1) is 0 Å². The third-order valence-corrected chi connectivity index (χ3v) is 26.1. The molecule has 0 radical (unpaired) electrons. The van der Waals surface area contributed by atoms with Crippen molar-refractivity contribution < 1.29 is 0 Å². The summed E-state index contributed by atoms with van der Waals surface area (Å²) in [5.74, 6) is 0. The summed E-state index contributed by atoms with van der Waals surface area (Å²) in [5.41, 5.74) is 2.83. The molecule has 0 saturated carbocycles. The first kappa shape index (κ1) is 27.3. The molecule has 1 unspecified atom stereocenters. The van der Waals surface area contributed by atoms with Gasteiger partial charge in [0, 0.05) is 0 Å². The van der Waals surface area contributed by atoms with Gasteiger partial charge in [-0.1, -0.05) is 0 Å². The van der Waals surface area contributed by atoms with E-state index < -0.39 is 4.20 Å². The molecule has 0 aromatic heterocycles. The molecule has 0 heterocycles. The van der Waals surface area contributed by atoms with Crippen molar-refractivity contribution in [3.8, 4) is 0 Å². The van der Waals surface area contributed by atoms with Gasteiger partial charge in [0.15, 0.2) is 0 Å². The molecule has 0 spiro atoms. The Morgan fingerprint density at radius 2 is 1.33 bits per heavy atom. The molecule has 2 aromatic rings. The second-order valence-corrected chi connectivity index (χ2v) is 30.9. The predicted molar refractivity (Wildman–Crippen MR) is 143 cm³/mol. The molecule has 0 aliphatic rings. The summed E-state index contributed by atoms with van der Waals surface area (Å²) in [6.07, 6.45) is 10.5. The van der Waals surface area contributed by atoms with Gasteiger partial charge in [-0.25, -0.2) is 0 Å². The minimum absolute atomic E-state index is 0.719.